The van der Waals surface area contributed by atoms with Crippen LogP contribution in [-0.4, -0.2) is 33.1 Å². The lowest BCUT2D eigenvalue weighted by Gasteiger charge is -2.11. The molecule has 0 aliphatic rings. The quantitative estimate of drug-likeness (QED) is 0.625. The Labute approximate surface area is 122 Å². The molecule has 0 aliphatic carbocycles. The standard InChI is InChI=1S/C14H17N3O2S/c1-10(13(18)19-3)20-14-16-15-11(2)17(14)9-12-7-5-4-6-8-12/h4-8,10H,9H2,1-3H3/t10-/m1/s1. The number of aryl methyl sites for hydroxylation is 1. The van der Waals surface area contributed by atoms with E-state index in [1.165, 1.54) is 24.4 Å². The van der Waals surface area contributed by atoms with Crippen LogP contribution in [0, 0.1) is 6.92 Å². The number of carbonyl (C=O) groups excluding carboxylic acids is 1. The van der Waals surface area contributed by atoms with Crippen LogP contribution in [0.25, 0.3) is 0 Å². The molecule has 0 fully saturated rings. The van der Waals surface area contributed by atoms with E-state index in [1.54, 1.807) is 6.92 Å². The van der Waals surface area contributed by atoms with Gasteiger partial charge in [0.25, 0.3) is 0 Å². The van der Waals surface area contributed by atoms with Crippen LogP contribution >= 0.6 is 11.8 Å². The summed E-state index contributed by atoms with van der Waals surface area (Å²) >= 11 is 1.36. The second kappa shape index (κ2) is 6.56. The molecule has 2 rings (SSSR count). The molecule has 1 aromatic heterocycles. The zero-order valence-corrected chi connectivity index (χ0v) is 12.6. The highest BCUT2D eigenvalue weighted by atomic mass is 32.2. The van der Waals surface area contributed by atoms with Crippen LogP contribution in [0.1, 0.15) is 18.3 Å². The molecule has 0 bridgehead atoms. The zero-order chi connectivity index (χ0) is 14.5. The first kappa shape index (κ1) is 14.6. The van der Waals surface area contributed by atoms with E-state index in [1.807, 2.05) is 29.7 Å². The Morgan fingerprint density at radius 1 is 1.35 bits per heavy atom. The third-order valence-electron chi connectivity index (χ3n) is 2.90. The van der Waals surface area contributed by atoms with Gasteiger partial charge in [0.05, 0.1) is 13.7 Å². The Morgan fingerprint density at radius 3 is 2.70 bits per heavy atom. The maximum absolute atomic E-state index is 11.5. The summed E-state index contributed by atoms with van der Waals surface area (Å²) in [6.45, 7) is 4.39. The number of hydrogen-bond donors (Lipinski definition) is 0. The minimum atomic E-state index is -0.307. The molecule has 0 N–H and O–H groups in total. The van der Waals surface area contributed by atoms with Crippen molar-refractivity contribution >= 4 is 17.7 Å². The number of nitrogens with zero attached hydrogens (tertiary/aromatic N) is 3. The fraction of sp³-hybridized carbons (Fsp3) is 0.357. The van der Waals surface area contributed by atoms with Gasteiger partial charge in [0, 0.05) is 0 Å². The summed E-state index contributed by atoms with van der Waals surface area (Å²) in [4.78, 5) is 11.5. The van der Waals surface area contributed by atoms with Crippen molar-refractivity contribution in [2.24, 2.45) is 0 Å². The number of carbonyl (C=O) groups is 1. The topological polar surface area (TPSA) is 57.0 Å². The predicted octanol–water partition coefficient (Wildman–Crippen LogP) is 2.29. The second-order valence-corrected chi connectivity index (χ2v) is 5.69. The van der Waals surface area contributed by atoms with Gasteiger partial charge in [0.2, 0.25) is 0 Å². The van der Waals surface area contributed by atoms with Gasteiger partial charge < -0.3 is 9.30 Å². The molecule has 0 radical (unpaired) electrons. The molecule has 0 spiro atoms. The summed E-state index contributed by atoms with van der Waals surface area (Å²) in [5, 5.41) is 8.65. The molecule has 0 unspecified atom stereocenters. The average Bonchev–Trinajstić information content (AvgIpc) is 2.80. The van der Waals surface area contributed by atoms with Crippen LogP contribution in [0.15, 0.2) is 35.5 Å². The highest BCUT2D eigenvalue weighted by Gasteiger charge is 2.19. The fourth-order valence-electron chi connectivity index (χ4n) is 1.77. The van der Waals surface area contributed by atoms with Gasteiger partial charge >= 0.3 is 5.97 Å². The Morgan fingerprint density at radius 2 is 2.05 bits per heavy atom. The average molecular weight is 291 g/mol. The Balaban J connectivity index is 2.17. The molecule has 0 saturated heterocycles. The van der Waals surface area contributed by atoms with E-state index >= 15 is 0 Å². The third kappa shape index (κ3) is 3.39. The number of esters is 1. The van der Waals surface area contributed by atoms with E-state index in [4.69, 9.17) is 4.74 Å². The van der Waals surface area contributed by atoms with Crippen molar-refractivity contribution in [3.05, 3.63) is 41.7 Å². The van der Waals surface area contributed by atoms with Crippen LogP contribution in [-0.2, 0) is 16.1 Å². The molecule has 0 amide bonds. The first-order valence-corrected chi connectivity index (χ1v) is 7.18. The maximum atomic E-state index is 11.5. The minimum Gasteiger partial charge on any atom is -0.468 e. The lowest BCUT2D eigenvalue weighted by Crippen LogP contribution is -2.16. The summed E-state index contributed by atoms with van der Waals surface area (Å²) in [6.07, 6.45) is 0. The van der Waals surface area contributed by atoms with E-state index in [0.29, 0.717) is 6.54 Å². The monoisotopic (exact) mass is 291 g/mol. The van der Waals surface area contributed by atoms with E-state index in [-0.39, 0.29) is 11.2 Å². The minimum absolute atomic E-state index is 0.262. The molecule has 6 heteroatoms. The first-order chi connectivity index (χ1) is 9.61. The van der Waals surface area contributed by atoms with Crippen molar-refractivity contribution in [3.63, 3.8) is 0 Å². The number of benzene rings is 1. The number of rotatable bonds is 5. The molecule has 2 aromatic rings. The van der Waals surface area contributed by atoms with Crippen LogP contribution in [0.2, 0.25) is 0 Å². The van der Waals surface area contributed by atoms with Gasteiger partial charge in [0.15, 0.2) is 5.16 Å². The number of thioether (sulfide) groups is 1. The highest BCUT2D eigenvalue weighted by molar-refractivity contribution is 8.00. The molecular weight excluding hydrogens is 274 g/mol. The lowest BCUT2D eigenvalue weighted by atomic mass is 10.2. The molecule has 1 heterocycles. The Bertz CT molecular complexity index is 583. The van der Waals surface area contributed by atoms with Crippen LogP contribution in [0.3, 0.4) is 0 Å². The molecule has 1 atom stereocenters. The summed E-state index contributed by atoms with van der Waals surface area (Å²) < 4.78 is 6.73. The lowest BCUT2D eigenvalue weighted by molar-refractivity contribution is -0.139. The molecule has 0 aliphatic heterocycles. The number of aromatic nitrogens is 3. The van der Waals surface area contributed by atoms with Crippen LogP contribution < -0.4 is 0 Å². The predicted molar refractivity (Wildman–Crippen MR) is 77.6 cm³/mol. The van der Waals surface area contributed by atoms with Gasteiger partial charge in [0.1, 0.15) is 11.1 Å². The van der Waals surface area contributed by atoms with Gasteiger partial charge in [-0.3, -0.25) is 4.79 Å². The number of ether oxygens (including phenoxy) is 1. The van der Waals surface area contributed by atoms with E-state index in [9.17, 15) is 4.79 Å². The van der Waals surface area contributed by atoms with Crippen molar-refractivity contribution in [1.29, 1.82) is 0 Å². The fourth-order valence-corrected chi connectivity index (χ4v) is 2.69. The summed E-state index contributed by atoms with van der Waals surface area (Å²) in [5.74, 6) is 0.565. The first-order valence-electron chi connectivity index (χ1n) is 6.30. The van der Waals surface area contributed by atoms with Crippen LogP contribution in [0.4, 0.5) is 0 Å². The molecule has 106 valence electrons. The Kier molecular flexibility index (Phi) is 4.79. The summed E-state index contributed by atoms with van der Waals surface area (Å²) in [6, 6.07) is 10.1. The molecular formula is C14H17N3O2S. The summed E-state index contributed by atoms with van der Waals surface area (Å²) in [5.41, 5.74) is 1.17. The number of hydrogen-bond acceptors (Lipinski definition) is 5. The SMILES string of the molecule is COC(=O)[C@@H](C)Sc1nnc(C)n1Cc1ccccc1. The normalized spacial score (nSPS) is 12.2. The van der Waals surface area contributed by atoms with E-state index < -0.39 is 0 Å². The largest absolute Gasteiger partial charge is 0.468 e. The van der Waals surface area contributed by atoms with Crippen molar-refractivity contribution in [1.82, 2.24) is 14.8 Å². The van der Waals surface area contributed by atoms with Crippen LogP contribution in [0.5, 0.6) is 0 Å². The van der Waals surface area contributed by atoms with Gasteiger partial charge in [-0.25, -0.2) is 0 Å². The van der Waals surface area contributed by atoms with Crippen molar-refractivity contribution in [3.8, 4) is 0 Å². The molecule has 20 heavy (non-hydrogen) atoms. The van der Waals surface area contributed by atoms with Gasteiger partial charge in [-0.2, -0.15) is 0 Å². The van der Waals surface area contributed by atoms with Gasteiger partial charge in [-0.1, -0.05) is 42.1 Å². The second-order valence-electron chi connectivity index (χ2n) is 4.38. The highest BCUT2D eigenvalue weighted by Crippen LogP contribution is 2.23. The van der Waals surface area contributed by atoms with E-state index in [0.717, 1.165) is 11.0 Å². The molecule has 0 saturated carbocycles. The molecule has 1 aromatic carbocycles. The van der Waals surface area contributed by atoms with Gasteiger partial charge in [-0.15, -0.1) is 10.2 Å². The third-order valence-corrected chi connectivity index (χ3v) is 3.96. The van der Waals surface area contributed by atoms with Crippen molar-refractivity contribution in [2.45, 2.75) is 30.8 Å². The smallest absolute Gasteiger partial charge is 0.318 e. The molecule has 5 nitrogen and oxygen atoms in total. The summed E-state index contributed by atoms with van der Waals surface area (Å²) in [7, 11) is 1.39. The Hall–Kier alpha value is -1.82. The van der Waals surface area contributed by atoms with Crippen molar-refractivity contribution in [2.75, 3.05) is 7.11 Å². The van der Waals surface area contributed by atoms with E-state index in [2.05, 4.69) is 22.3 Å². The van der Waals surface area contributed by atoms with Crippen molar-refractivity contribution < 1.29 is 9.53 Å². The zero-order valence-electron chi connectivity index (χ0n) is 11.7. The number of methoxy groups -OCH3 is 1. The maximum Gasteiger partial charge on any atom is 0.318 e. The van der Waals surface area contributed by atoms with Gasteiger partial charge in [-0.05, 0) is 19.4 Å².